The van der Waals surface area contributed by atoms with Crippen LogP contribution in [-0.2, 0) is 40.6 Å². The average Bonchev–Trinajstić information content (AvgIpc) is 3.43. The summed E-state index contributed by atoms with van der Waals surface area (Å²) in [5, 5.41) is 46.4. The van der Waals surface area contributed by atoms with Crippen molar-refractivity contribution in [3.05, 3.63) is 47.5 Å². The summed E-state index contributed by atoms with van der Waals surface area (Å²) in [4.78, 5) is 14.0. The summed E-state index contributed by atoms with van der Waals surface area (Å²) in [6.45, 7) is 19.3. The summed E-state index contributed by atoms with van der Waals surface area (Å²) < 4.78 is 0. The van der Waals surface area contributed by atoms with Crippen LogP contribution in [0.4, 0.5) is 11.4 Å². The Morgan fingerprint density at radius 1 is 0.510 bits per heavy atom. The third kappa shape index (κ3) is 14.1. The number of fused-ring (bicyclic) bond motifs is 3. The molecule has 14 heteroatoms. The van der Waals surface area contributed by atoms with E-state index in [1.54, 1.807) is 20.8 Å². The fourth-order valence-electron chi connectivity index (χ4n) is 7.53. The zero-order valence-corrected chi connectivity index (χ0v) is 33.1. The van der Waals surface area contributed by atoms with E-state index in [1.165, 1.54) is 33.6 Å². The van der Waals surface area contributed by atoms with Gasteiger partial charge in [-0.1, -0.05) is 32.9 Å². The van der Waals surface area contributed by atoms with Crippen molar-refractivity contribution in [1.82, 2.24) is 19.6 Å². The van der Waals surface area contributed by atoms with Crippen LogP contribution in [0.15, 0.2) is 36.4 Å². The quantitative estimate of drug-likeness (QED) is 0.228. The van der Waals surface area contributed by atoms with Crippen LogP contribution in [0.3, 0.4) is 0 Å². The van der Waals surface area contributed by atoms with E-state index in [-0.39, 0.29) is 45.1 Å². The van der Waals surface area contributed by atoms with Crippen LogP contribution in [0.2, 0.25) is 0 Å². The Bertz CT molecular complexity index is 1150. The molecule has 12 nitrogen and oxygen atoms in total. The first-order valence-corrected chi connectivity index (χ1v) is 17.8. The molecule has 0 amide bonds. The second kappa shape index (κ2) is 22.8. The number of hydrogen-bond donors (Lipinski definition) is 1. The van der Waals surface area contributed by atoms with Crippen molar-refractivity contribution >= 4 is 11.4 Å². The van der Waals surface area contributed by atoms with E-state index < -0.39 is 24.4 Å². The molecule has 2 heterocycles. The first-order valence-electron chi connectivity index (χ1n) is 17.8. The van der Waals surface area contributed by atoms with Crippen LogP contribution in [0.25, 0.3) is 11.1 Å². The van der Waals surface area contributed by atoms with Crippen molar-refractivity contribution in [1.29, 1.82) is 0 Å². The van der Waals surface area contributed by atoms with Crippen LogP contribution in [-0.4, -0.2) is 165 Å². The Labute approximate surface area is 326 Å². The summed E-state index contributed by atoms with van der Waals surface area (Å²) in [6, 6.07) is 13.8. The van der Waals surface area contributed by atoms with Crippen molar-refractivity contribution in [2.45, 2.75) is 58.5 Å². The van der Waals surface area contributed by atoms with Gasteiger partial charge in [-0.2, -0.15) is 0 Å². The Morgan fingerprint density at radius 2 is 0.804 bits per heavy atom. The van der Waals surface area contributed by atoms with E-state index in [0.29, 0.717) is 26.2 Å². The predicted octanol–water partition coefficient (Wildman–Crippen LogP) is -1.92. The van der Waals surface area contributed by atoms with Gasteiger partial charge in [-0.3, -0.25) is 4.90 Å². The monoisotopic (exact) mass is 797 g/mol. The smallest absolute Gasteiger partial charge is 0.851 e. The topological polar surface area (TPSA) is 172 Å². The number of hydrogen-bond acceptors (Lipinski definition) is 10. The molecular weight excluding hydrogens is 736 g/mol. The molecule has 0 spiro atoms. The van der Waals surface area contributed by atoms with Gasteiger partial charge in [0, 0.05) is 96.5 Å². The van der Waals surface area contributed by atoms with E-state index in [1.807, 2.05) is 6.92 Å². The maximum atomic E-state index is 12.1. The first kappa shape index (κ1) is 47.7. The fraction of sp³-hybridized carbons (Fsp3) is 0.676. The SMILES string of the molecule is C[C@H]([O-])CN1CCN(C[C@H](C)[O-])CCN(c2ccc3c(c2)-c2cc(N4CCN(C[C@H](C)[O-])CCN(C[C@H](C)O)CC4)ccc2C3)CC1.O.O.[Fe+6].[Fe+6]. The minimum atomic E-state index is -0.639. The van der Waals surface area contributed by atoms with Crippen molar-refractivity contribution in [2.75, 3.05) is 115 Å². The van der Waals surface area contributed by atoms with E-state index in [2.05, 4.69) is 65.8 Å². The van der Waals surface area contributed by atoms with Crippen molar-refractivity contribution < 1.29 is 65.5 Å². The number of benzene rings is 2. The van der Waals surface area contributed by atoms with Crippen LogP contribution >= 0.6 is 0 Å². The molecule has 51 heavy (non-hydrogen) atoms. The molecular formula is C37H61Fe2N6O6+9. The number of nitrogens with zero attached hydrogens (tertiary/aromatic N) is 6. The molecule has 2 aromatic rings. The van der Waals surface area contributed by atoms with Gasteiger partial charge >= 0.3 is 34.1 Å². The van der Waals surface area contributed by atoms with Crippen LogP contribution in [0.1, 0.15) is 38.8 Å². The molecule has 5 N–H and O–H groups in total. The summed E-state index contributed by atoms with van der Waals surface area (Å²) in [6.07, 6.45) is -1.38. The van der Waals surface area contributed by atoms with Crippen LogP contribution in [0, 0.1) is 0 Å². The number of anilines is 2. The van der Waals surface area contributed by atoms with E-state index in [0.717, 1.165) is 85.0 Å². The van der Waals surface area contributed by atoms with E-state index >= 15 is 0 Å². The third-order valence-electron chi connectivity index (χ3n) is 9.87. The van der Waals surface area contributed by atoms with Gasteiger partial charge in [0.1, 0.15) is 0 Å². The molecule has 5 rings (SSSR count). The molecule has 1 aliphatic carbocycles. The van der Waals surface area contributed by atoms with Crippen molar-refractivity contribution in [3.8, 4) is 11.1 Å². The van der Waals surface area contributed by atoms with Crippen LogP contribution in [0.5, 0.6) is 0 Å². The van der Waals surface area contributed by atoms with Crippen molar-refractivity contribution in [3.63, 3.8) is 0 Å². The van der Waals surface area contributed by atoms with E-state index in [9.17, 15) is 20.4 Å². The molecule has 3 aliphatic rings. The van der Waals surface area contributed by atoms with E-state index in [4.69, 9.17) is 0 Å². The van der Waals surface area contributed by atoms with Gasteiger partial charge in [-0.25, -0.2) is 0 Å². The maximum Gasteiger partial charge on any atom is 6.00 e. The summed E-state index contributed by atoms with van der Waals surface area (Å²) >= 11 is 0. The molecule has 4 atom stereocenters. The second-order valence-corrected chi connectivity index (χ2v) is 14.3. The normalized spacial score (nSPS) is 20.5. The summed E-state index contributed by atoms with van der Waals surface area (Å²) in [5.41, 5.74) is 7.65. The van der Waals surface area contributed by atoms with Crippen LogP contribution < -0.4 is 25.1 Å². The summed E-state index contributed by atoms with van der Waals surface area (Å²) in [5.74, 6) is 0. The molecule has 2 fully saturated rings. The molecule has 0 aromatic heterocycles. The molecule has 0 unspecified atom stereocenters. The van der Waals surface area contributed by atoms with Gasteiger partial charge in [0.2, 0.25) is 0 Å². The Hall–Kier alpha value is -1.32. The molecule has 2 aliphatic heterocycles. The minimum Gasteiger partial charge on any atom is -0.851 e. The molecule has 0 bridgehead atoms. The molecule has 2 saturated heterocycles. The molecule has 282 valence electrons. The molecule has 0 saturated carbocycles. The molecule has 2 aromatic carbocycles. The second-order valence-electron chi connectivity index (χ2n) is 14.3. The van der Waals surface area contributed by atoms with Gasteiger partial charge in [0.25, 0.3) is 0 Å². The van der Waals surface area contributed by atoms with Gasteiger partial charge in [-0.05, 0) is 79.5 Å². The minimum absolute atomic E-state index is 0. The average molecular weight is 798 g/mol. The predicted molar refractivity (Wildman–Crippen MR) is 192 cm³/mol. The fourth-order valence-corrected chi connectivity index (χ4v) is 7.53. The maximum absolute atomic E-state index is 12.1. The standard InChI is InChI=1S/C37H57N6O4.2Fe.2H2O/c1-28(44)24-38-9-10-39(25-29(2)45)14-18-42(17-13-38)34-7-5-32-21-33-6-8-35(23-37(33)36(32)22-34)43-19-15-40(26-30(3)46)11-12-41(16-20-43)27-31(4)47;;;;/h5-8,22-23,28-31,44H,9-21,24-27H2,1-4H3;;;2*1H2/q-3;2*+6;;/t28-,29-,30-,31-;;;;/m0..../s1. The van der Waals surface area contributed by atoms with Gasteiger partial charge in [0.15, 0.2) is 0 Å². The number of rotatable bonds is 10. The Morgan fingerprint density at radius 3 is 1.10 bits per heavy atom. The number of β-amino-alcohol motifs (C(OH)–C–C–N with tert-alkyl or cyclic N) is 1. The van der Waals surface area contributed by atoms with Gasteiger partial charge in [-0.15, -0.1) is 18.3 Å². The zero-order valence-electron chi connectivity index (χ0n) is 30.9. The number of aliphatic hydroxyl groups excluding tert-OH is 1. The Balaban J connectivity index is 0.00000325. The van der Waals surface area contributed by atoms with Gasteiger partial charge in [0.05, 0.1) is 6.10 Å². The third-order valence-corrected chi connectivity index (χ3v) is 9.87. The van der Waals surface area contributed by atoms with Crippen molar-refractivity contribution in [2.24, 2.45) is 0 Å². The summed E-state index contributed by atoms with van der Waals surface area (Å²) in [7, 11) is 0. The first-order chi connectivity index (χ1) is 22.5. The number of aliphatic hydroxyl groups is 1. The largest absolute Gasteiger partial charge is 6.00 e. The van der Waals surface area contributed by atoms with Gasteiger partial charge < -0.3 is 55.9 Å². The molecule has 0 radical (unpaired) electrons. The Kier molecular flexibility index (Phi) is 21.3. The zero-order chi connectivity index (χ0) is 33.5.